The van der Waals surface area contributed by atoms with Crippen molar-refractivity contribution in [3.63, 3.8) is 0 Å². The Morgan fingerprint density at radius 3 is 1.85 bits per heavy atom. The molecule has 0 aliphatic carbocycles. The molecule has 2 atom stereocenters. The molecule has 2 aromatic carbocycles. The van der Waals surface area contributed by atoms with E-state index in [4.69, 9.17) is 9.47 Å². The maximum absolute atomic E-state index is 13.6. The van der Waals surface area contributed by atoms with Crippen molar-refractivity contribution in [2.75, 3.05) is 6.61 Å². The third kappa shape index (κ3) is 5.92. The van der Waals surface area contributed by atoms with Gasteiger partial charge in [-0.3, -0.25) is 0 Å². The molecule has 0 radical (unpaired) electrons. The summed E-state index contributed by atoms with van der Waals surface area (Å²) in [6, 6.07) is 14.4. The van der Waals surface area contributed by atoms with E-state index in [2.05, 4.69) is 0 Å². The molecule has 0 aromatic heterocycles. The maximum atomic E-state index is 13.6. The van der Waals surface area contributed by atoms with Crippen LogP contribution in [-0.4, -0.2) is 35.5 Å². The van der Waals surface area contributed by atoms with E-state index in [9.17, 15) is 19.5 Å². The highest BCUT2D eigenvalue weighted by atomic mass is 16.6. The second-order valence-electron chi connectivity index (χ2n) is 10.5. The molecular formula is C28H36O6. The number of ether oxygens (including phenoxy) is 2. The smallest absolute Gasteiger partial charge is 0.356 e. The van der Waals surface area contributed by atoms with Crippen LogP contribution in [0.25, 0.3) is 0 Å². The Morgan fingerprint density at radius 2 is 1.41 bits per heavy atom. The number of aldehydes is 1. The molecule has 184 valence electrons. The van der Waals surface area contributed by atoms with Crippen molar-refractivity contribution in [1.29, 1.82) is 0 Å². The molecule has 0 unspecified atom stereocenters. The van der Waals surface area contributed by atoms with Gasteiger partial charge < -0.3 is 19.4 Å². The molecule has 0 fully saturated rings. The van der Waals surface area contributed by atoms with Crippen LogP contribution < -0.4 is 4.74 Å². The van der Waals surface area contributed by atoms with Gasteiger partial charge in [0, 0.05) is 11.1 Å². The molecule has 0 spiro atoms. The number of carbonyl (C=O) groups is 3. The van der Waals surface area contributed by atoms with Crippen LogP contribution in [0.1, 0.15) is 65.2 Å². The van der Waals surface area contributed by atoms with Crippen LogP contribution in [0.3, 0.4) is 0 Å². The minimum Gasteiger partial charge on any atom is -0.463 e. The molecule has 0 amide bonds. The molecule has 0 saturated heterocycles. The first-order valence-corrected chi connectivity index (χ1v) is 11.5. The molecule has 6 heteroatoms. The molecular weight excluding hydrogens is 432 g/mol. The van der Waals surface area contributed by atoms with E-state index in [1.165, 1.54) is 0 Å². The summed E-state index contributed by atoms with van der Waals surface area (Å²) in [4.78, 5) is 38.6. The Bertz CT molecular complexity index is 981. The van der Waals surface area contributed by atoms with Crippen LogP contribution in [0.2, 0.25) is 0 Å². The number of carbonyl (C=O) groups excluding carboxylic acids is 3. The highest BCUT2D eigenvalue weighted by molar-refractivity contribution is 6.06. The molecule has 1 N–H and O–H groups in total. The Balaban J connectivity index is 2.62. The van der Waals surface area contributed by atoms with Crippen LogP contribution in [-0.2, 0) is 36.4 Å². The molecule has 2 aromatic rings. The maximum Gasteiger partial charge on any atom is 0.356 e. The normalized spacial score (nSPS) is 14.6. The van der Waals surface area contributed by atoms with E-state index in [0.717, 1.165) is 11.1 Å². The first kappa shape index (κ1) is 27.3. The zero-order valence-corrected chi connectivity index (χ0v) is 21.2. The fraction of sp³-hybridized carbons (Fsp3) is 0.464. The third-order valence-electron chi connectivity index (χ3n) is 5.72. The van der Waals surface area contributed by atoms with Gasteiger partial charge in [-0.1, -0.05) is 90.1 Å². The monoisotopic (exact) mass is 468 g/mol. The summed E-state index contributed by atoms with van der Waals surface area (Å²) in [5, 5.41) is 11.5. The Kier molecular flexibility index (Phi) is 8.43. The van der Waals surface area contributed by atoms with Gasteiger partial charge in [-0.2, -0.15) is 0 Å². The summed E-state index contributed by atoms with van der Waals surface area (Å²) in [7, 11) is 0. The lowest BCUT2D eigenvalue weighted by Crippen LogP contribution is -2.57. The fourth-order valence-corrected chi connectivity index (χ4v) is 3.79. The SMILES string of the molecule is CCOC(=O)[C@](O)(C(=O)Oc1c(C(C)(C)C)cccc1C(C)(C)C)[C@@H](C=O)Cc1ccccc1. The van der Waals surface area contributed by atoms with Gasteiger partial charge in [0.2, 0.25) is 0 Å². The fourth-order valence-electron chi connectivity index (χ4n) is 3.79. The van der Waals surface area contributed by atoms with Crippen LogP contribution in [0.4, 0.5) is 0 Å². The molecule has 0 bridgehead atoms. The van der Waals surface area contributed by atoms with Gasteiger partial charge in [0.05, 0.1) is 12.5 Å². The number of benzene rings is 2. The van der Waals surface area contributed by atoms with Crippen LogP contribution in [0.15, 0.2) is 48.5 Å². The minimum absolute atomic E-state index is 0.0399. The topological polar surface area (TPSA) is 89.9 Å². The first-order chi connectivity index (χ1) is 15.8. The first-order valence-electron chi connectivity index (χ1n) is 11.5. The second-order valence-corrected chi connectivity index (χ2v) is 10.5. The van der Waals surface area contributed by atoms with Gasteiger partial charge in [-0.25, -0.2) is 9.59 Å². The summed E-state index contributed by atoms with van der Waals surface area (Å²) < 4.78 is 10.9. The Morgan fingerprint density at radius 1 is 0.882 bits per heavy atom. The predicted molar refractivity (Wildman–Crippen MR) is 131 cm³/mol. The van der Waals surface area contributed by atoms with E-state index < -0.39 is 34.3 Å². The minimum atomic E-state index is -2.81. The number of rotatable bonds is 8. The number of aliphatic hydroxyl groups is 1. The number of esters is 2. The van der Waals surface area contributed by atoms with Gasteiger partial charge >= 0.3 is 11.9 Å². The lowest BCUT2D eigenvalue weighted by molar-refractivity contribution is -0.185. The van der Waals surface area contributed by atoms with Crippen molar-refractivity contribution in [1.82, 2.24) is 0 Å². The van der Waals surface area contributed by atoms with Crippen LogP contribution in [0.5, 0.6) is 5.75 Å². The van der Waals surface area contributed by atoms with Gasteiger partial charge in [0.1, 0.15) is 12.0 Å². The van der Waals surface area contributed by atoms with E-state index in [1.807, 2.05) is 65.8 Å². The van der Waals surface area contributed by atoms with E-state index in [-0.39, 0.29) is 18.8 Å². The molecule has 34 heavy (non-hydrogen) atoms. The van der Waals surface area contributed by atoms with E-state index >= 15 is 0 Å². The summed E-state index contributed by atoms with van der Waals surface area (Å²) in [6.45, 7) is 13.4. The van der Waals surface area contributed by atoms with E-state index in [1.54, 1.807) is 31.2 Å². The molecule has 0 heterocycles. The van der Waals surface area contributed by atoms with Crippen molar-refractivity contribution in [3.05, 3.63) is 65.2 Å². The number of hydrogen-bond donors (Lipinski definition) is 1. The molecule has 2 rings (SSSR count). The third-order valence-corrected chi connectivity index (χ3v) is 5.72. The highest BCUT2D eigenvalue weighted by Crippen LogP contribution is 2.40. The number of hydrogen-bond acceptors (Lipinski definition) is 6. The predicted octanol–water partition coefficient (Wildman–Crippen LogP) is 4.54. The van der Waals surface area contributed by atoms with Crippen molar-refractivity contribution < 1.29 is 29.0 Å². The largest absolute Gasteiger partial charge is 0.463 e. The summed E-state index contributed by atoms with van der Waals surface area (Å²) in [5.41, 5.74) is -1.44. The average molecular weight is 469 g/mol. The summed E-state index contributed by atoms with van der Waals surface area (Å²) in [5.74, 6) is -3.57. The standard InChI is InChI=1S/C28H36O6/c1-8-33-24(30)28(32,20(18-29)17-19-13-10-9-11-14-19)25(31)34-23-21(26(2,3)4)15-12-16-22(23)27(5,6)7/h9-16,18,20,32H,8,17H2,1-7H3/t20-,28+/m1/s1. The molecule has 0 aliphatic rings. The van der Waals surface area contributed by atoms with Crippen molar-refractivity contribution >= 4 is 18.2 Å². The van der Waals surface area contributed by atoms with Gasteiger partial charge in [0.15, 0.2) is 0 Å². The molecule has 0 aliphatic heterocycles. The van der Waals surface area contributed by atoms with E-state index in [0.29, 0.717) is 11.8 Å². The second kappa shape index (κ2) is 10.5. The van der Waals surface area contributed by atoms with Crippen LogP contribution >= 0.6 is 0 Å². The Hall–Kier alpha value is -2.99. The van der Waals surface area contributed by atoms with Crippen molar-refractivity contribution in [2.45, 2.75) is 71.3 Å². The number of para-hydroxylation sites is 1. The van der Waals surface area contributed by atoms with Crippen LogP contribution in [0, 0.1) is 5.92 Å². The highest BCUT2D eigenvalue weighted by Gasteiger charge is 2.54. The molecule has 0 saturated carbocycles. The lowest BCUT2D eigenvalue weighted by Gasteiger charge is -2.32. The molecule has 6 nitrogen and oxygen atoms in total. The zero-order valence-electron chi connectivity index (χ0n) is 21.2. The quantitative estimate of drug-likeness (QED) is 0.265. The van der Waals surface area contributed by atoms with Gasteiger partial charge in [-0.05, 0) is 29.7 Å². The average Bonchev–Trinajstić information content (AvgIpc) is 2.76. The van der Waals surface area contributed by atoms with Crippen molar-refractivity contribution in [2.24, 2.45) is 5.92 Å². The summed E-state index contributed by atoms with van der Waals surface area (Å²) >= 11 is 0. The summed E-state index contributed by atoms with van der Waals surface area (Å²) in [6.07, 6.45) is 0.368. The Labute approximate surface area is 202 Å². The lowest BCUT2D eigenvalue weighted by atomic mass is 9.79. The zero-order chi connectivity index (χ0) is 25.7. The van der Waals surface area contributed by atoms with Gasteiger partial charge in [-0.15, -0.1) is 0 Å². The van der Waals surface area contributed by atoms with Crippen molar-refractivity contribution in [3.8, 4) is 5.75 Å². The van der Waals surface area contributed by atoms with Gasteiger partial charge in [0.25, 0.3) is 5.60 Å².